The zero-order valence-corrected chi connectivity index (χ0v) is 11.8. The lowest BCUT2D eigenvalue weighted by Gasteiger charge is -2.22. The Morgan fingerprint density at radius 2 is 2.00 bits per heavy atom. The van der Waals surface area contributed by atoms with E-state index in [-0.39, 0.29) is 31.0 Å². The number of ether oxygens (including phenoxy) is 1. The van der Waals surface area contributed by atoms with E-state index in [1.807, 2.05) is 0 Å². The van der Waals surface area contributed by atoms with Crippen molar-refractivity contribution in [3.63, 3.8) is 0 Å². The Balaban J connectivity index is 1.63. The maximum atomic E-state index is 13.3. The molecule has 0 aliphatic heterocycles. The van der Waals surface area contributed by atoms with E-state index >= 15 is 0 Å². The minimum atomic E-state index is -0.748. The average Bonchev–Trinajstić information content (AvgIpc) is 2.46. The van der Waals surface area contributed by atoms with Crippen molar-refractivity contribution in [1.29, 1.82) is 0 Å². The molecule has 2 N–H and O–H groups in total. The van der Waals surface area contributed by atoms with Gasteiger partial charge in [-0.1, -0.05) is 19.3 Å². The summed E-state index contributed by atoms with van der Waals surface area (Å²) >= 11 is 0. The molecule has 116 valence electrons. The Morgan fingerprint density at radius 3 is 2.71 bits per heavy atom. The number of halogens is 2. The molecule has 0 aromatic heterocycles. The van der Waals surface area contributed by atoms with Crippen molar-refractivity contribution in [3.05, 3.63) is 29.8 Å². The first-order valence-electron chi connectivity index (χ1n) is 7.27. The zero-order chi connectivity index (χ0) is 15.1. The van der Waals surface area contributed by atoms with Gasteiger partial charge in [0.05, 0.1) is 6.54 Å². The number of urea groups is 1. The van der Waals surface area contributed by atoms with Crippen molar-refractivity contribution >= 4 is 6.03 Å². The molecule has 0 bridgehead atoms. The fourth-order valence-corrected chi connectivity index (χ4v) is 2.40. The summed E-state index contributed by atoms with van der Waals surface area (Å²) in [5, 5.41) is 5.57. The number of carbonyl (C=O) groups is 1. The third kappa shape index (κ3) is 5.21. The molecule has 0 unspecified atom stereocenters. The summed E-state index contributed by atoms with van der Waals surface area (Å²) in [4.78, 5) is 11.6. The quantitative estimate of drug-likeness (QED) is 0.821. The van der Waals surface area contributed by atoms with Gasteiger partial charge in [0.1, 0.15) is 12.4 Å². The molecular weight excluding hydrogens is 278 g/mol. The van der Waals surface area contributed by atoms with E-state index in [0.29, 0.717) is 0 Å². The minimum Gasteiger partial charge on any atom is -0.489 e. The summed E-state index contributed by atoms with van der Waals surface area (Å²) in [6.45, 7) is 0.385. The summed E-state index contributed by atoms with van der Waals surface area (Å²) < 4.78 is 31.1. The van der Waals surface area contributed by atoms with Gasteiger partial charge in [0.25, 0.3) is 0 Å². The van der Waals surface area contributed by atoms with Crippen LogP contribution in [0.2, 0.25) is 0 Å². The number of benzene rings is 1. The van der Waals surface area contributed by atoms with Gasteiger partial charge in [0, 0.05) is 12.1 Å². The van der Waals surface area contributed by atoms with E-state index in [2.05, 4.69) is 10.6 Å². The lowest BCUT2D eigenvalue weighted by atomic mass is 9.96. The van der Waals surface area contributed by atoms with Crippen LogP contribution in [0.15, 0.2) is 18.2 Å². The Kier molecular flexibility index (Phi) is 5.78. The maximum absolute atomic E-state index is 13.3. The van der Waals surface area contributed by atoms with Crippen molar-refractivity contribution < 1.29 is 18.3 Å². The summed E-state index contributed by atoms with van der Waals surface area (Å²) in [6.07, 6.45) is 5.57. The van der Waals surface area contributed by atoms with E-state index in [9.17, 15) is 13.6 Å². The minimum absolute atomic E-state index is 0.0223. The first kappa shape index (κ1) is 15.5. The predicted molar refractivity (Wildman–Crippen MR) is 75.3 cm³/mol. The molecule has 0 saturated heterocycles. The van der Waals surface area contributed by atoms with E-state index in [1.54, 1.807) is 0 Å². The van der Waals surface area contributed by atoms with Gasteiger partial charge in [0.15, 0.2) is 11.6 Å². The summed E-state index contributed by atoms with van der Waals surface area (Å²) in [6, 6.07) is 3.13. The summed E-state index contributed by atoms with van der Waals surface area (Å²) in [5.74, 6) is -1.42. The van der Waals surface area contributed by atoms with E-state index in [0.717, 1.165) is 37.8 Å². The Labute approximate surface area is 122 Å². The van der Waals surface area contributed by atoms with Crippen molar-refractivity contribution in [1.82, 2.24) is 10.6 Å². The number of hydrogen-bond acceptors (Lipinski definition) is 2. The number of nitrogens with one attached hydrogen (secondary N) is 2. The highest BCUT2D eigenvalue weighted by atomic mass is 19.1. The molecule has 2 rings (SSSR count). The van der Waals surface area contributed by atoms with Crippen molar-refractivity contribution in [2.45, 2.75) is 38.1 Å². The predicted octanol–water partition coefficient (Wildman–Crippen LogP) is 2.98. The third-order valence-electron chi connectivity index (χ3n) is 3.48. The topological polar surface area (TPSA) is 50.4 Å². The molecule has 1 aromatic carbocycles. The molecule has 1 aromatic rings. The van der Waals surface area contributed by atoms with Crippen LogP contribution < -0.4 is 15.4 Å². The molecule has 0 radical (unpaired) electrons. The molecular formula is C15H20F2N2O2. The Bertz CT molecular complexity index is 477. The maximum Gasteiger partial charge on any atom is 0.315 e. The van der Waals surface area contributed by atoms with Gasteiger partial charge in [-0.3, -0.25) is 0 Å². The van der Waals surface area contributed by atoms with Crippen LogP contribution in [0.25, 0.3) is 0 Å². The van der Waals surface area contributed by atoms with Gasteiger partial charge in [-0.2, -0.15) is 0 Å². The molecule has 1 aliphatic rings. The van der Waals surface area contributed by atoms with Gasteiger partial charge < -0.3 is 15.4 Å². The van der Waals surface area contributed by atoms with Crippen LogP contribution in [0.1, 0.15) is 32.1 Å². The van der Waals surface area contributed by atoms with Gasteiger partial charge >= 0.3 is 6.03 Å². The monoisotopic (exact) mass is 298 g/mol. The van der Waals surface area contributed by atoms with Crippen molar-refractivity contribution in [2.24, 2.45) is 0 Å². The Morgan fingerprint density at radius 1 is 1.24 bits per heavy atom. The second kappa shape index (κ2) is 7.81. The van der Waals surface area contributed by atoms with Crippen LogP contribution in [-0.2, 0) is 0 Å². The largest absolute Gasteiger partial charge is 0.489 e. The second-order valence-corrected chi connectivity index (χ2v) is 5.16. The highest BCUT2D eigenvalue weighted by Crippen LogP contribution is 2.18. The fraction of sp³-hybridized carbons (Fsp3) is 0.533. The van der Waals surface area contributed by atoms with E-state index < -0.39 is 11.6 Å². The fourth-order valence-electron chi connectivity index (χ4n) is 2.40. The third-order valence-corrected chi connectivity index (χ3v) is 3.48. The summed E-state index contributed by atoms with van der Waals surface area (Å²) in [5.41, 5.74) is 0. The molecule has 0 spiro atoms. The highest BCUT2D eigenvalue weighted by molar-refractivity contribution is 5.74. The molecule has 0 heterocycles. The molecule has 0 atom stereocenters. The number of carbonyl (C=O) groups excluding carboxylic acids is 1. The molecule has 21 heavy (non-hydrogen) atoms. The highest BCUT2D eigenvalue weighted by Gasteiger charge is 2.15. The number of hydrogen-bond donors (Lipinski definition) is 2. The number of rotatable bonds is 5. The van der Waals surface area contributed by atoms with Crippen LogP contribution in [0.5, 0.6) is 5.75 Å². The van der Waals surface area contributed by atoms with Crippen molar-refractivity contribution in [3.8, 4) is 5.75 Å². The molecule has 4 nitrogen and oxygen atoms in total. The lowest BCUT2D eigenvalue weighted by Crippen LogP contribution is -2.44. The SMILES string of the molecule is O=C(NCCOc1ccc(F)cc1F)NC1CCCCC1. The van der Waals surface area contributed by atoms with Crippen LogP contribution in [0.4, 0.5) is 13.6 Å². The van der Waals surface area contributed by atoms with Gasteiger partial charge in [-0.25, -0.2) is 13.6 Å². The van der Waals surface area contributed by atoms with Crippen LogP contribution >= 0.6 is 0 Å². The Hall–Kier alpha value is -1.85. The van der Waals surface area contributed by atoms with Crippen LogP contribution in [0, 0.1) is 11.6 Å². The van der Waals surface area contributed by atoms with Crippen molar-refractivity contribution in [2.75, 3.05) is 13.2 Å². The number of amides is 2. The first-order chi connectivity index (χ1) is 10.1. The summed E-state index contributed by atoms with van der Waals surface area (Å²) in [7, 11) is 0. The normalized spacial score (nSPS) is 15.5. The standard InChI is InChI=1S/C15H20F2N2O2/c16-11-6-7-14(13(17)10-11)21-9-8-18-15(20)19-12-4-2-1-3-5-12/h6-7,10,12H,1-5,8-9H2,(H2,18,19,20). The smallest absolute Gasteiger partial charge is 0.315 e. The zero-order valence-electron chi connectivity index (χ0n) is 11.8. The first-order valence-corrected chi connectivity index (χ1v) is 7.27. The average molecular weight is 298 g/mol. The van der Waals surface area contributed by atoms with Gasteiger partial charge in [-0.05, 0) is 25.0 Å². The van der Waals surface area contributed by atoms with Crippen LogP contribution in [-0.4, -0.2) is 25.2 Å². The molecule has 2 amide bonds. The molecule has 6 heteroatoms. The van der Waals surface area contributed by atoms with Gasteiger partial charge in [-0.15, -0.1) is 0 Å². The van der Waals surface area contributed by atoms with Crippen LogP contribution in [0.3, 0.4) is 0 Å². The second-order valence-electron chi connectivity index (χ2n) is 5.16. The molecule has 1 aliphatic carbocycles. The lowest BCUT2D eigenvalue weighted by molar-refractivity contribution is 0.228. The van der Waals surface area contributed by atoms with Gasteiger partial charge in [0.2, 0.25) is 0 Å². The van der Waals surface area contributed by atoms with E-state index in [4.69, 9.17) is 4.74 Å². The molecule has 1 saturated carbocycles. The van der Waals surface area contributed by atoms with E-state index in [1.165, 1.54) is 12.5 Å². The molecule has 1 fully saturated rings.